The zero-order valence-corrected chi connectivity index (χ0v) is 15.0. The first kappa shape index (κ1) is 20.8. The third kappa shape index (κ3) is 4.67. The van der Waals surface area contributed by atoms with Crippen molar-refractivity contribution in [3.63, 3.8) is 0 Å². The Kier molecular flexibility index (Phi) is 7.49. The van der Waals surface area contributed by atoms with Crippen LogP contribution in [0.5, 0.6) is 0 Å². The molecule has 8 nitrogen and oxygen atoms in total. The molecule has 2 atom stereocenters. The van der Waals surface area contributed by atoms with Crippen LogP contribution in [0, 0.1) is 13.8 Å². The summed E-state index contributed by atoms with van der Waals surface area (Å²) in [5, 5.41) is 6.70. The second-order valence-electron chi connectivity index (χ2n) is 5.11. The Morgan fingerprint density at radius 1 is 1.36 bits per heavy atom. The van der Waals surface area contributed by atoms with Gasteiger partial charge >= 0.3 is 0 Å². The van der Waals surface area contributed by atoms with E-state index in [1.807, 2.05) is 0 Å². The molecule has 0 saturated carbocycles. The molecule has 1 aromatic rings. The number of aromatic nitrogens is 2. The maximum atomic E-state index is 12.4. The van der Waals surface area contributed by atoms with Crippen molar-refractivity contribution in [2.75, 3.05) is 6.54 Å². The molecule has 1 heterocycles. The summed E-state index contributed by atoms with van der Waals surface area (Å²) in [5.41, 5.74) is 6.33. The number of carbonyl (C=O) groups is 1. The molecule has 1 amide bonds. The van der Waals surface area contributed by atoms with E-state index in [0.29, 0.717) is 11.4 Å². The maximum Gasteiger partial charge on any atom is 0.244 e. The zero-order chi connectivity index (χ0) is 16.4. The lowest BCUT2D eigenvalue weighted by Crippen LogP contribution is -2.49. The average Bonchev–Trinajstić information content (AvgIpc) is 2.62. The quantitative estimate of drug-likeness (QED) is 0.642. The number of nitrogens with one attached hydrogen (secondary N) is 2. The number of nitrogens with two attached hydrogens (primary N) is 1. The van der Waals surface area contributed by atoms with Crippen molar-refractivity contribution in [2.24, 2.45) is 12.8 Å². The molecular formula is C12H24ClN5O3S. The smallest absolute Gasteiger partial charge is 0.244 e. The van der Waals surface area contributed by atoms with Gasteiger partial charge in [-0.25, -0.2) is 8.42 Å². The van der Waals surface area contributed by atoms with E-state index >= 15 is 0 Å². The van der Waals surface area contributed by atoms with Crippen molar-refractivity contribution in [1.29, 1.82) is 0 Å². The van der Waals surface area contributed by atoms with Crippen molar-refractivity contribution < 1.29 is 13.2 Å². The number of halogens is 1. The number of rotatable bonds is 6. The molecule has 0 saturated heterocycles. The Labute approximate surface area is 137 Å². The van der Waals surface area contributed by atoms with Crippen LogP contribution in [0.4, 0.5) is 0 Å². The van der Waals surface area contributed by atoms with E-state index in [-0.39, 0.29) is 29.9 Å². The lowest BCUT2D eigenvalue weighted by atomic mass is 10.3. The van der Waals surface area contributed by atoms with Crippen molar-refractivity contribution in [3.8, 4) is 0 Å². The van der Waals surface area contributed by atoms with E-state index in [1.54, 1.807) is 27.8 Å². The van der Waals surface area contributed by atoms with Crippen LogP contribution in [0.3, 0.4) is 0 Å². The monoisotopic (exact) mass is 353 g/mol. The molecule has 1 aromatic heterocycles. The van der Waals surface area contributed by atoms with Gasteiger partial charge in [-0.1, -0.05) is 0 Å². The first-order valence-corrected chi connectivity index (χ1v) is 8.11. The molecule has 0 fully saturated rings. The van der Waals surface area contributed by atoms with Gasteiger partial charge in [-0.15, -0.1) is 12.4 Å². The number of carbonyl (C=O) groups excluding carboxylic acids is 1. The van der Waals surface area contributed by atoms with Crippen LogP contribution in [0.1, 0.15) is 25.2 Å². The summed E-state index contributed by atoms with van der Waals surface area (Å²) < 4.78 is 28.6. The van der Waals surface area contributed by atoms with Gasteiger partial charge in [0.15, 0.2) is 0 Å². The summed E-state index contributed by atoms with van der Waals surface area (Å²) >= 11 is 0. The first-order valence-electron chi connectivity index (χ1n) is 6.63. The van der Waals surface area contributed by atoms with Gasteiger partial charge in [0.25, 0.3) is 0 Å². The molecule has 0 spiro atoms. The average molecular weight is 354 g/mol. The lowest BCUT2D eigenvalue weighted by molar-refractivity contribution is -0.122. The molecule has 10 heteroatoms. The third-order valence-corrected chi connectivity index (χ3v) is 4.97. The summed E-state index contributed by atoms with van der Waals surface area (Å²) in [6.07, 6.45) is 0. The van der Waals surface area contributed by atoms with E-state index in [4.69, 9.17) is 5.73 Å². The molecule has 1 rings (SSSR count). The minimum Gasteiger partial charge on any atom is -0.351 e. The van der Waals surface area contributed by atoms with Gasteiger partial charge in [-0.3, -0.25) is 9.48 Å². The second kappa shape index (κ2) is 7.91. The highest BCUT2D eigenvalue weighted by Gasteiger charge is 2.27. The largest absolute Gasteiger partial charge is 0.351 e. The van der Waals surface area contributed by atoms with E-state index in [2.05, 4.69) is 15.1 Å². The van der Waals surface area contributed by atoms with Crippen LogP contribution in [0.25, 0.3) is 0 Å². The number of hydrogen-bond acceptors (Lipinski definition) is 5. The molecule has 0 aliphatic heterocycles. The molecule has 22 heavy (non-hydrogen) atoms. The van der Waals surface area contributed by atoms with E-state index < -0.39 is 22.0 Å². The van der Waals surface area contributed by atoms with Crippen molar-refractivity contribution in [2.45, 2.75) is 44.7 Å². The number of amides is 1. The molecule has 0 bridgehead atoms. The van der Waals surface area contributed by atoms with E-state index in [0.717, 1.165) is 0 Å². The number of sulfonamides is 1. The van der Waals surface area contributed by atoms with E-state index in [1.165, 1.54) is 11.6 Å². The van der Waals surface area contributed by atoms with Crippen molar-refractivity contribution >= 4 is 28.3 Å². The summed E-state index contributed by atoms with van der Waals surface area (Å²) in [5.74, 6) is -0.421. The maximum absolute atomic E-state index is 12.4. The second-order valence-corrected chi connectivity index (χ2v) is 6.76. The lowest BCUT2D eigenvalue weighted by Gasteiger charge is -2.17. The molecule has 128 valence electrons. The van der Waals surface area contributed by atoms with Crippen molar-refractivity contribution in [1.82, 2.24) is 19.8 Å². The number of aryl methyl sites for hydroxylation is 2. The molecule has 0 aromatic carbocycles. The SMILES string of the molecule is Cc1nn(C)c(C)c1S(=O)(=O)NC(C)C(=O)N[C@@H](C)CN.Cl. The Balaban J connectivity index is 0.00000441. The predicted molar refractivity (Wildman–Crippen MR) is 86.4 cm³/mol. The minimum absolute atomic E-state index is 0. The van der Waals surface area contributed by atoms with Crippen LogP contribution in [0.2, 0.25) is 0 Å². The standard InChI is InChI=1S/C12H23N5O3S.ClH/c1-7(6-13)14-12(18)9(3)16-21(19,20)11-8(2)15-17(5)10(11)4;/h7,9,16H,6,13H2,1-5H3,(H,14,18);1H/t7-,9?;/m0./s1. The highest BCUT2D eigenvalue weighted by molar-refractivity contribution is 7.89. The summed E-state index contributed by atoms with van der Waals surface area (Å²) in [7, 11) is -2.15. The van der Waals surface area contributed by atoms with Gasteiger partial charge in [0.1, 0.15) is 4.90 Å². The van der Waals surface area contributed by atoms with Gasteiger partial charge in [0.05, 0.1) is 17.4 Å². The van der Waals surface area contributed by atoms with Crippen LogP contribution in [-0.4, -0.2) is 42.7 Å². The predicted octanol–water partition coefficient (Wildman–Crippen LogP) is -0.411. The minimum atomic E-state index is -3.81. The fraction of sp³-hybridized carbons (Fsp3) is 0.667. The zero-order valence-electron chi connectivity index (χ0n) is 13.4. The van der Waals surface area contributed by atoms with Crippen LogP contribution in [0.15, 0.2) is 4.90 Å². The number of hydrogen-bond donors (Lipinski definition) is 3. The molecule has 0 radical (unpaired) electrons. The normalized spacial score (nSPS) is 14.1. The molecule has 0 aliphatic carbocycles. The summed E-state index contributed by atoms with van der Waals surface area (Å²) in [6, 6.07) is -1.12. The van der Waals surface area contributed by atoms with Gasteiger partial charge < -0.3 is 11.1 Å². The summed E-state index contributed by atoms with van der Waals surface area (Å²) in [6.45, 7) is 6.79. The molecular weight excluding hydrogens is 330 g/mol. The Morgan fingerprint density at radius 3 is 2.32 bits per heavy atom. The van der Waals surface area contributed by atoms with Crippen LogP contribution < -0.4 is 15.8 Å². The van der Waals surface area contributed by atoms with Gasteiger partial charge in [0.2, 0.25) is 15.9 Å². The van der Waals surface area contributed by atoms with Gasteiger partial charge in [-0.05, 0) is 27.7 Å². The Bertz CT molecular complexity index is 629. The fourth-order valence-electron chi connectivity index (χ4n) is 1.92. The van der Waals surface area contributed by atoms with Crippen LogP contribution >= 0.6 is 12.4 Å². The summed E-state index contributed by atoms with van der Waals surface area (Å²) in [4.78, 5) is 12.0. The first-order chi connectivity index (χ1) is 9.60. The van der Waals surface area contributed by atoms with Crippen LogP contribution in [-0.2, 0) is 21.9 Å². The Morgan fingerprint density at radius 2 is 1.91 bits per heavy atom. The van der Waals surface area contributed by atoms with Gasteiger partial charge in [-0.2, -0.15) is 9.82 Å². The van der Waals surface area contributed by atoms with Gasteiger partial charge in [0, 0.05) is 19.6 Å². The molecule has 0 aliphatic rings. The fourth-order valence-corrected chi connectivity index (χ4v) is 3.56. The molecule has 4 N–H and O–H groups in total. The molecule has 1 unspecified atom stereocenters. The van der Waals surface area contributed by atoms with E-state index in [9.17, 15) is 13.2 Å². The topological polar surface area (TPSA) is 119 Å². The highest BCUT2D eigenvalue weighted by Crippen LogP contribution is 2.18. The van der Waals surface area contributed by atoms with Crippen molar-refractivity contribution in [3.05, 3.63) is 11.4 Å². The highest BCUT2D eigenvalue weighted by atomic mass is 35.5. The Hall–Kier alpha value is -1.16. The number of nitrogens with zero attached hydrogens (tertiary/aromatic N) is 2. The third-order valence-electron chi connectivity index (χ3n) is 3.18.